The van der Waals surface area contributed by atoms with Crippen molar-refractivity contribution < 1.29 is 0 Å². The predicted molar refractivity (Wildman–Crippen MR) is 110 cm³/mol. The number of piperidine rings is 1. The number of hydrogen-bond donors (Lipinski definition) is 1. The summed E-state index contributed by atoms with van der Waals surface area (Å²) in [7, 11) is 0. The Balaban J connectivity index is 1.57. The summed E-state index contributed by atoms with van der Waals surface area (Å²) < 4.78 is 0. The van der Waals surface area contributed by atoms with E-state index >= 15 is 0 Å². The maximum absolute atomic E-state index is 4.84. The zero-order chi connectivity index (χ0) is 18.2. The highest BCUT2D eigenvalue weighted by Crippen LogP contribution is 2.20. The van der Waals surface area contributed by atoms with Crippen LogP contribution in [0.15, 0.2) is 12.3 Å². The summed E-state index contributed by atoms with van der Waals surface area (Å²) >= 11 is 0. The van der Waals surface area contributed by atoms with Crippen LogP contribution in [0.4, 0.5) is 11.8 Å². The predicted octanol–water partition coefficient (Wildman–Crippen LogP) is 4.17. The summed E-state index contributed by atoms with van der Waals surface area (Å²) in [6, 6.07) is 2.54. The fourth-order valence-corrected chi connectivity index (χ4v) is 4.33. The second-order valence-electron chi connectivity index (χ2n) is 8.07. The van der Waals surface area contributed by atoms with E-state index < -0.39 is 0 Å². The Hall–Kier alpha value is -1.36. The van der Waals surface area contributed by atoms with E-state index in [1.807, 2.05) is 6.20 Å². The van der Waals surface area contributed by atoms with Crippen molar-refractivity contribution in [3.8, 4) is 0 Å². The smallest absolute Gasteiger partial charge is 0.224 e. The van der Waals surface area contributed by atoms with Crippen LogP contribution < -0.4 is 10.2 Å². The molecule has 0 bridgehead atoms. The first-order chi connectivity index (χ1) is 12.8. The molecular formula is C21H37N5. The fourth-order valence-electron chi connectivity index (χ4n) is 4.33. The van der Waals surface area contributed by atoms with Gasteiger partial charge >= 0.3 is 0 Å². The topological polar surface area (TPSA) is 44.3 Å². The van der Waals surface area contributed by atoms with Gasteiger partial charge in [0, 0.05) is 38.4 Å². The zero-order valence-electron chi connectivity index (χ0n) is 16.8. The van der Waals surface area contributed by atoms with Crippen molar-refractivity contribution >= 4 is 11.8 Å². The third-order valence-corrected chi connectivity index (χ3v) is 6.08. The SMILES string of the molecule is CCC(CC)CN1CCC[C@@H](Nc2nccc(N3CCCCCC3)n2)C1. The van der Waals surface area contributed by atoms with Crippen LogP contribution in [0.2, 0.25) is 0 Å². The molecule has 1 aromatic heterocycles. The molecular weight excluding hydrogens is 322 g/mol. The standard InChI is InChI=1S/C21H37N5/c1-3-18(4-2)16-25-13-9-10-19(17-25)23-21-22-12-11-20(24-21)26-14-7-5-6-8-15-26/h11-12,18-19H,3-10,13-17H2,1-2H3,(H,22,23,24)/t19-/m1/s1. The number of aromatic nitrogens is 2. The summed E-state index contributed by atoms with van der Waals surface area (Å²) in [5.74, 6) is 2.73. The van der Waals surface area contributed by atoms with Gasteiger partial charge in [-0.1, -0.05) is 39.5 Å². The van der Waals surface area contributed by atoms with Gasteiger partial charge in [-0.2, -0.15) is 4.98 Å². The van der Waals surface area contributed by atoms with Crippen molar-refractivity contribution in [2.75, 3.05) is 42.9 Å². The number of hydrogen-bond acceptors (Lipinski definition) is 5. The van der Waals surface area contributed by atoms with Gasteiger partial charge in [0.1, 0.15) is 5.82 Å². The van der Waals surface area contributed by atoms with Crippen LogP contribution in [0.1, 0.15) is 65.2 Å². The van der Waals surface area contributed by atoms with E-state index in [2.05, 4.69) is 40.0 Å². The van der Waals surface area contributed by atoms with Crippen LogP contribution in [0.3, 0.4) is 0 Å². The van der Waals surface area contributed by atoms with Gasteiger partial charge in [-0.3, -0.25) is 0 Å². The minimum absolute atomic E-state index is 0.470. The van der Waals surface area contributed by atoms with Gasteiger partial charge in [-0.05, 0) is 44.2 Å². The lowest BCUT2D eigenvalue weighted by Gasteiger charge is -2.35. The van der Waals surface area contributed by atoms with Crippen LogP contribution in [-0.2, 0) is 0 Å². The molecule has 0 aromatic carbocycles. The van der Waals surface area contributed by atoms with Gasteiger partial charge in [-0.25, -0.2) is 4.98 Å². The zero-order valence-corrected chi connectivity index (χ0v) is 16.8. The summed E-state index contributed by atoms with van der Waals surface area (Å²) in [6.45, 7) is 10.5. The Kier molecular flexibility index (Phi) is 7.54. The van der Waals surface area contributed by atoms with Crippen LogP contribution in [0, 0.1) is 5.92 Å². The molecule has 5 heteroatoms. The Morgan fingerprint density at radius 2 is 1.85 bits per heavy atom. The highest BCUT2D eigenvalue weighted by molar-refractivity contribution is 5.43. The van der Waals surface area contributed by atoms with E-state index in [1.165, 1.54) is 64.5 Å². The van der Waals surface area contributed by atoms with E-state index in [0.29, 0.717) is 6.04 Å². The second kappa shape index (κ2) is 10.1. The maximum Gasteiger partial charge on any atom is 0.224 e. The van der Waals surface area contributed by atoms with Gasteiger partial charge in [-0.15, -0.1) is 0 Å². The lowest BCUT2D eigenvalue weighted by Crippen LogP contribution is -2.44. The van der Waals surface area contributed by atoms with Gasteiger partial charge in [0.05, 0.1) is 0 Å². The van der Waals surface area contributed by atoms with Crippen molar-refractivity contribution in [1.29, 1.82) is 0 Å². The number of rotatable bonds is 7. The van der Waals surface area contributed by atoms with E-state index in [-0.39, 0.29) is 0 Å². The molecule has 2 fully saturated rings. The third-order valence-electron chi connectivity index (χ3n) is 6.08. The molecule has 26 heavy (non-hydrogen) atoms. The highest BCUT2D eigenvalue weighted by Gasteiger charge is 2.22. The molecule has 0 unspecified atom stereocenters. The minimum Gasteiger partial charge on any atom is -0.356 e. The first-order valence-corrected chi connectivity index (χ1v) is 10.8. The minimum atomic E-state index is 0.470. The molecule has 0 radical (unpaired) electrons. The molecule has 0 aliphatic carbocycles. The van der Waals surface area contributed by atoms with Crippen molar-refractivity contribution in [3.63, 3.8) is 0 Å². The average molecular weight is 360 g/mol. The molecule has 3 rings (SSSR count). The van der Waals surface area contributed by atoms with Crippen LogP contribution >= 0.6 is 0 Å². The quantitative estimate of drug-likeness (QED) is 0.791. The lowest BCUT2D eigenvalue weighted by atomic mass is 9.99. The maximum atomic E-state index is 4.84. The first-order valence-electron chi connectivity index (χ1n) is 10.8. The van der Waals surface area contributed by atoms with Gasteiger partial charge in [0.2, 0.25) is 5.95 Å². The molecule has 0 spiro atoms. The van der Waals surface area contributed by atoms with Crippen molar-refractivity contribution in [2.24, 2.45) is 5.92 Å². The van der Waals surface area contributed by atoms with E-state index in [0.717, 1.165) is 37.3 Å². The number of nitrogens with zero attached hydrogens (tertiary/aromatic N) is 4. The van der Waals surface area contributed by atoms with Gasteiger partial charge < -0.3 is 15.1 Å². The van der Waals surface area contributed by atoms with Crippen molar-refractivity contribution in [1.82, 2.24) is 14.9 Å². The fraction of sp³-hybridized carbons (Fsp3) is 0.810. The van der Waals surface area contributed by atoms with Gasteiger partial charge in [0.15, 0.2) is 0 Å². The molecule has 1 aromatic rings. The molecule has 2 aliphatic rings. The van der Waals surface area contributed by atoms with E-state index in [1.54, 1.807) is 0 Å². The molecule has 3 heterocycles. The summed E-state index contributed by atoms with van der Waals surface area (Å²) in [5, 5.41) is 3.62. The van der Waals surface area contributed by atoms with Crippen LogP contribution in [-0.4, -0.2) is 53.6 Å². The number of likely N-dealkylation sites (tertiary alicyclic amines) is 1. The monoisotopic (exact) mass is 359 g/mol. The lowest BCUT2D eigenvalue weighted by molar-refractivity contribution is 0.181. The highest BCUT2D eigenvalue weighted by atomic mass is 15.2. The normalized spacial score (nSPS) is 22.4. The Morgan fingerprint density at radius 1 is 1.08 bits per heavy atom. The van der Waals surface area contributed by atoms with Crippen molar-refractivity contribution in [2.45, 2.75) is 71.3 Å². The molecule has 5 nitrogen and oxygen atoms in total. The molecule has 2 aliphatic heterocycles. The van der Waals surface area contributed by atoms with Crippen LogP contribution in [0.25, 0.3) is 0 Å². The Labute approximate surface area is 159 Å². The molecule has 1 atom stereocenters. The van der Waals surface area contributed by atoms with Crippen LogP contribution in [0.5, 0.6) is 0 Å². The van der Waals surface area contributed by atoms with E-state index in [4.69, 9.17) is 4.98 Å². The summed E-state index contributed by atoms with van der Waals surface area (Å²) in [5.41, 5.74) is 0. The molecule has 0 amide bonds. The number of anilines is 2. The summed E-state index contributed by atoms with van der Waals surface area (Å²) in [4.78, 5) is 14.4. The second-order valence-corrected chi connectivity index (χ2v) is 8.07. The number of nitrogens with one attached hydrogen (secondary N) is 1. The van der Waals surface area contributed by atoms with E-state index in [9.17, 15) is 0 Å². The Bertz CT molecular complexity index is 523. The molecule has 2 saturated heterocycles. The molecule has 0 saturated carbocycles. The van der Waals surface area contributed by atoms with Gasteiger partial charge in [0.25, 0.3) is 0 Å². The summed E-state index contributed by atoms with van der Waals surface area (Å²) in [6.07, 6.45) is 12.2. The third kappa shape index (κ3) is 5.57. The average Bonchev–Trinajstić information content (AvgIpc) is 2.96. The molecule has 1 N–H and O–H groups in total. The first kappa shape index (κ1) is 19.4. The largest absolute Gasteiger partial charge is 0.356 e. The molecule has 146 valence electrons. The van der Waals surface area contributed by atoms with Crippen molar-refractivity contribution in [3.05, 3.63) is 12.3 Å². The Morgan fingerprint density at radius 3 is 2.58 bits per heavy atom.